The molecule has 1 aliphatic carbocycles. The third-order valence-electron chi connectivity index (χ3n) is 9.32. The third kappa shape index (κ3) is 4.82. The van der Waals surface area contributed by atoms with Crippen molar-refractivity contribution >= 4 is 67.4 Å². The lowest BCUT2D eigenvalue weighted by Gasteiger charge is -2.05. The molecule has 0 bridgehead atoms. The molecule has 1 aliphatic rings. The van der Waals surface area contributed by atoms with E-state index in [1.807, 2.05) is 0 Å². The van der Waals surface area contributed by atoms with Gasteiger partial charge in [-0.25, -0.2) is 0 Å². The topological polar surface area (TPSA) is 0 Å². The SMILES string of the molecule is C(=C\c1ccc2cc3ccccc3cc2c1)/c1ccc2c(c1)Cc1cc(/C=C/c3ccc4cc5ccccc5cc4c3)ccc1-2. The van der Waals surface area contributed by atoms with Crippen molar-refractivity contribution in [3.8, 4) is 11.1 Å². The predicted molar refractivity (Wildman–Crippen MR) is 195 cm³/mol. The monoisotopic (exact) mass is 570 g/mol. The van der Waals surface area contributed by atoms with Crippen LogP contribution in [-0.2, 0) is 6.42 Å². The first-order chi connectivity index (χ1) is 22.2. The second-order valence-electron chi connectivity index (χ2n) is 12.3. The molecule has 0 heteroatoms. The molecule has 8 aromatic rings. The van der Waals surface area contributed by atoms with Crippen molar-refractivity contribution in [1.82, 2.24) is 0 Å². The highest BCUT2D eigenvalue weighted by Gasteiger charge is 2.18. The standard InChI is InChI=1S/C45H30/c1-3-7-36-27-40-21-30(13-17-38(40)25-34(36)5-1)9-11-32-15-19-44-42(23-32)29-43-24-33(16-20-45(43)44)12-10-31-14-18-39-26-35-6-2-4-8-37(35)28-41(39)22-31/h1-28H,29H2/b11-9+,12-10+. The first kappa shape index (κ1) is 25.7. The molecule has 9 rings (SSSR count). The maximum atomic E-state index is 2.36. The quantitative estimate of drug-likeness (QED) is 0.146. The van der Waals surface area contributed by atoms with Gasteiger partial charge in [0.1, 0.15) is 0 Å². The summed E-state index contributed by atoms with van der Waals surface area (Å²) >= 11 is 0. The molecule has 45 heavy (non-hydrogen) atoms. The van der Waals surface area contributed by atoms with Crippen molar-refractivity contribution in [2.45, 2.75) is 6.42 Å². The Balaban J connectivity index is 0.941. The van der Waals surface area contributed by atoms with Crippen LogP contribution in [0.5, 0.6) is 0 Å². The molecule has 0 atom stereocenters. The molecule has 0 aromatic heterocycles. The summed E-state index contributed by atoms with van der Waals surface area (Å²) in [5.41, 5.74) is 10.4. The molecule has 0 amide bonds. The summed E-state index contributed by atoms with van der Waals surface area (Å²) in [6, 6.07) is 53.6. The summed E-state index contributed by atoms with van der Waals surface area (Å²) in [4.78, 5) is 0. The first-order valence-corrected chi connectivity index (χ1v) is 15.7. The maximum Gasteiger partial charge on any atom is -0.00130 e. The lowest BCUT2D eigenvalue weighted by atomic mass is 10.00. The molecule has 0 heterocycles. The van der Waals surface area contributed by atoms with Gasteiger partial charge in [0.2, 0.25) is 0 Å². The second kappa shape index (κ2) is 10.5. The van der Waals surface area contributed by atoms with E-state index in [1.54, 1.807) is 0 Å². The van der Waals surface area contributed by atoms with Crippen molar-refractivity contribution in [2.24, 2.45) is 0 Å². The lowest BCUT2D eigenvalue weighted by molar-refractivity contribution is 1.26. The smallest absolute Gasteiger partial charge is 0.00130 e. The molecule has 210 valence electrons. The highest BCUT2D eigenvalue weighted by Crippen LogP contribution is 2.38. The summed E-state index contributed by atoms with van der Waals surface area (Å²) in [5.74, 6) is 0. The molecule has 0 radical (unpaired) electrons. The van der Waals surface area contributed by atoms with Crippen LogP contribution >= 0.6 is 0 Å². The van der Waals surface area contributed by atoms with Gasteiger partial charge in [0, 0.05) is 0 Å². The van der Waals surface area contributed by atoms with Gasteiger partial charge in [-0.3, -0.25) is 0 Å². The van der Waals surface area contributed by atoms with Gasteiger partial charge < -0.3 is 0 Å². The summed E-state index contributed by atoms with van der Waals surface area (Å²) in [7, 11) is 0. The number of hydrogen-bond acceptors (Lipinski definition) is 0. The fourth-order valence-corrected chi connectivity index (χ4v) is 6.97. The Kier molecular flexibility index (Phi) is 5.99. The fourth-order valence-electron chi connectivity index (χ4n) is 6.97. The molecule has 8 aromatic carbocycles. The Morgan fingerprint density at radius 1 is 0.289 bits per heavy atom. The van der Waals surface area contributed by atoms with Crippen molar-refractivity contribution in [3.05, 3.63) is 179 Å². The number of hydrogen-bond donors (Lipinski definition) is 0. The summed E-state index contributed by atoms with van der Waals surface area (Å²) in [6.45, 7) is 0. The maximum absolute atomic E-state index is 2.36. The van der Waals surface area contributed by atoms with Crippen LogP contribution < -0.4 is 0 Å². The zero-order valence-electron chi connectivity index (χ0n) is 24.9. The third-order valence-corrected chi connectivity index (χ3v) is 9.32. The molecule has 0 aliphatic heterocycles. The zero-order chi connectivity index (χ0) is 29.7. The first-order valence-electron chi connectivity index (χ1n) is 15.7. The summed E-state index contributed by atoms with van der Waals surface area (Å²) < 4.78 is 0. The zero-order valence-corrected chi connectivity index (χ0v) is 24.9. The Morgan fingerprint density at radius 2 is 0.622 bits per heavy atom. The van der Waals surface area contributed by atoms with Gasteiger partial charge in [0.15, 0.2) is 0 Å². The Hall–Kier alpha value is -5.72. The van der Waals surface area contributed by atoms with Crippen LogP contribution in [0.4, 0.5) is 0 Å². The molecule has 0 fully saturated rings. The number of benzene rings is 8. The van der Waals surface area contributed by atoms with E-state index in [0.29, 0.717) is 0 Å². The summed E-state index contributed by atoms with van der Waals surface area (Å²) in [5, 5.41) is 10.3. The van der Waals surface area contributed by atoms with Crippen LogP contribution in [0.1, 0.15) is 33.4 Å². The predicted octanol–water partition coefficient (Wildman–Crippen LogP) is 12.2. The molecule has 0 spiro atoms. The average molecular weight is 571 g/mol. The van der Waals surface area contributed by atoms with E-state index in [0.717, 1.165) is 6.42 Å². The van der Waals surface area contributed by atoms with Crippen molar-refractivity contribution in [1.29, 1.82) is 0 Å². The Labute approximate surface area is 263 Å². The normalized spacial score (nSPS) is 12.6. The van der Waals surface area contributed by atoms with E-state index in [-0.39, 0.29) is 0 Å². The minimum atomic E-state index is 0.972. The number of rotatable bonds is 4. The largest absolute Gasteiger partial charge is 0.0616 e. The minimum absolute atomic E-state index is 0.972. The van der Waals surface area contributed by atoms with E-state index < -0.39 is 0 Å². The fraction of sp³-hybridized carbons (Fsp3) is 0.0222. The lowest BCUT2D eigenvalue weighted by Crippen LogP contribution is -1.83. The number of fused-ring (bicyclic) bond motifs is 7. The van der Waals surface area contributed by atoms with Gasteiger partial charge >= 0.3 is 0 Å². The van der Waals surface area contributed by atoms with Gasteiger partial charge in [0.25, 0.3) is 0 Å². The second-order valence-corrected chi connectivity index (χ2v) is 12.3. The van der Waals surface area contributed by atoms with Gasteiger partial charge in [-0.1, -0.05) is 133 Å². The average Bonchev–Trinajstić information content (AvgIpc) is 3.45. The van der Waals surface area contributed by atoms with E-state index in [4.69, 9.17) is 0 Å². The van der Waals surface area contributed by atoms with Crippen LogP contribution in [0.25, 0.3) is 78.5 Å². The minimum Gasteiger partial charge on any atom is -0.0616 e. The van der Waals surface area contributed by atoms with Crippen molar-refractivity contribution in [3.63, 3.8) is 0 Å². The van der Waals surface area contributed by atoms with Crippen LogP contribution in [0.2, 0.25) is 0 Å². The van der Waals surface area contributed by atoms with Crippen LogP contribution in [0, 0.1) is 0 Å². The molecular weight excluding hydrogens is 540 g/mol. The van der Waals surface area contributed by atoms with E-state index >= 15 is 0 Å². The summed E-state index contributed by atoms with van der Waals surface area (Å²) in [6.07, 6.45) is 9.92. The van der Waals surface area contributed by atoms with Crippen molar-refractivity contribution < 1.29 is 0 Å². The van der Waals surface area contributed by atoms with Gasteiger partial charge in [-0.15, -0.1) is 0 Å². The van der Waals surface area contributed by atoms with E-state index in [2.05, 4.69) is 170 Å². The molecule has 0 nitrogen and oxygen atoms in total. The molecular formula is C45H30. The van der Waals surface area contributed by atoms with Gasteiger partial charge in [-0.05, 0) is 130 Å². The van der Waals surface area contributed by atoms with Crippen molar-refractivity contribution in [2.75, 3.05) is 0 Å². The highest BCUT2D eigenvalue weighted by molar-refractivity contribution is 6.00. The van der Waals surface area contributed by atoms with E-state index in [1.165, 1.54) is 87.6 Å². The molecule has 0 N–H and O–H groups in total. The Morgan fingerprint density at radius 3 is 1.04 bits per heavy atom. The molecule has 0 saturated carbocycles. The Bertz CT molecular complexity index is 2330. The van der Waals surface area contributed by atoms with Gasteiger partial charge in [-0.2, -0.15) is 0 Å². The molecule has 0 saturated heterocycles. The van der Waals surface area contributed by atoms with Gasteiger partial charge in [0.05, 0.1) is 0 Å². The highest BCUT2D eigenvalue weighted by atomic mass is 14.2. The van der Waals surface area contributed by atoms with Crippen LogP contribution in [0.15, 0.2) is 146 Å². The van der Waals surface area contributed by atoms with Crippen LogP contribution in [0.3, 0.4) is 0 Å². The van der Waals surface area contributed by atoms with Crippen LogP contribution in [-0.4, -0.2) is 0 Å². The molecule has 0 unspecified atom stereocenters. The van der Waals surface area contributed by atoms with E-state index in [9.17, 15) is 0 Å².